The molecular formula is C64H41NO. The van der Waals surface area contributed by atoms with Gasteiger partial charge in [0.1, 0.15) is 11.2 Å². The van der Waals surface area contributed by atoms with Gasteiger partial charge in [0, 0.05) is 38.7 Å². The maximum absolute atomic E-state index is 7.14. The molecule has 1 aliphatic carbocycles. The summed E-state index contributed by atoms with van der Waals surface area (Å²) >= 11 is 0. The number of benzene rings is 11. The largest absolute Gasteiger partial charge is 0.455 e. The highest BCUT2D eigenvalue weighted by Crippen LogP contribution is 2.49. The van der Waals surface area contributed by atoms with E-state index in [1.807, 2.05) is 0 Å². The summed E-state index contributed by atoms with van der Waals surface area (Å²) < 4.78 is 9.58. The van der Waals surface area contributed by atoms with Crippen molar-refractivity contribution in [2.24, 2.45) is 0 Å². The van der Waals surface area contributed by atoms with E-state index in [1.165, 1.54) is 104 Å². The van der Waals surface area contributed by atoms with E-state index in [-0.39, 0.29) is 0 Å². The summed E-state index contributed by atoms with van der Waals surface area (Å²) in [5, 5.41) is 13.4. The molecule has 11 aromatic carbocycles. The second-order valence-corrected chi connectivity index (χ2v) is 17.8. The third-order valence-corrected chi connectivity index (χ3v) is 14.2. The maximum Gasteiger partial charge on any atom is 0.143 e. The van der Waals surface area contributed by atoms with Crippen LogP contribution >= 0.6 is 0 Å². The summed E-state index contributed by atoms with van der Waals surface area (Å²) in [6.07, 6.45) is 6.72. The normalized spacial score (nSPS) is 12.7. The van der Waals surface area contributed by atoms with E-state index in [0.29, 0.717) is 0 Å². The molecule has 0 spiro atoms. The Kier molecular flexibility index (Phi) is 8.14. The Bertz CT molecular complexity index is 4030. The molecule has 0 atom stereocenters. The molecule has 2 nitrogen and oxygen atoms in total. The van der Waals surface area contributed by atoms with Crippen molar-refractivity contribution < 1.29 is 4.42 Å². The summed E-state index contributed by atoms with van der Waals surface area (Å²) in [7, 11) is 0. The Morgan fingerprint density at radius 2 is 0.864 bits per heavy atom. The molecule has 13 aromatic rings. The molecule has 0 unspecified atom stereocenters. The highest BCUT2D eigenvalue weighted by atomic mass is 16.3. The van der Waals surface area contributed by atoms with Crippen molar-refractivity contribution >= 4 is 82.0 Å². The topological polar surface area (TPSA) is 18.1 Å². The predicted octanol–water partition coefficient (Wildman–Crippen LogP) is 17.8. The average molecular weight is 840 g/mol. The van der Waals surface area contributed by atoms with Gasteiger partial charge in [-0.15, -0.1) is 0 Å². The minimum atomic E-state index is 0.883. The van der Waals surface area contributed by atoms with Crippen LogP contribution in [-0.2, 0) is 6.42 Å². The SMILES string of the molecule is C1=Cc2c(c3cc(-c4c5ccccc5c(-c5ccc6c(c5)oc5c(-c7c8ccccc8c(-c8ccccc8)c8ccccc78)cccc56)c5ccccc45)ccc3n2-c2ccccc2)CC1. The minimum Gasteiger partial charge on any atom is -0.455 e. The summed E-state index contributed by atoms with van der Waals surface area (Å²) in [4.78, 5) is 0. The van der Waals surface area contributed by atoms with Gasteiger partial charge >= 0.3 is 0 Å². The first-order valence-corrected chi connectivity index (χ1v) is 23.1. The van der Waals surface area contributed by atoms with Crippen LogP contribution in [0.5, 0.6) is 0 Å². The predicted molar refractivity (Wildman–Crippen MR) is 280 cm³/mol. The molecule has 2 heteroatoms. The number of allylic oxidation sites excluding steroid dienone is 1. The van der Waals surface area contributed by atoms with Gasteiger partial charge in [-0.05, 0) is 137 Å². The molecule has 308 valence electrons. The summed E-state index contributed by atoms with van der Waals surface area (Å²) in [6.45, 7) is 0. The summed E-state index contributed by atoms with van der Waals surface area (Å²) in [6, 6.07) is 77.9. The smallest absolute Gasteiger partial charge is 0.143 e. The average Bonchev–Trinajstić information content (AvgIpc) is 3.93. The first-order chi connectivity index (χ1) is 32.8. The molecule has 2 heterocycles. The second-order valence-electron chi connectivity index (χ2n) is 17.8. The number of aryl methyl sites for hydroxylation is 1. The van der Waals surface area contributed by atoms with Gasteiger partial charge in [-0.2, -0.15) is 0 Å². The second kappa shape index (κ2) is 14.5. The monoisotopic (exact) mass is 839 g/mol. The van der Waals surface area contributed by atoms with Gasteiger partial charge < -0.3 is 8.98 Å². The van der Waals surface area contributed by atoms with E-state index >= 15 is 0 Å². The van der Waals surface area contributed by atoms with Crippen LogP contribution in [-0.4, -0.2) is 4.57 Å². The van der Waals surface area contributed by atoms with Crippen LogP contribution in [0.1, 0.15) is 17.7 Å². The van der Waals surface area contributed by atoms with Gasteiger partial charge in [0.15, 0.2) is 0 Å². The Morgan fingerprint density at radius 3 is 1.47 bits per heavy atom. The molecule has 66 heavy (non-hydrogen) atoms. The highest BCUT2D eigenvalue weighted by molar-refractivity contribution is 6.25. The van der Waals surface area contributed by atoms with Gasteiger partial charge in [-0.25, -0.2) is 0 Å². The minimum absolute atomic E-state index is 0.883. The summed E-state index contributed by atoms with van der Waals surface area (Å²) in [5.41, 5.74) is 16.6. The number of hydrogen-bond acceptors (Lipinski definition) is 1. The van der Waals surface area contributed by atoms with Crippen LogP contribution in [0, 0.1) is 0 Å². The van der Waals surface area contributed by atoms with Crippen molar-refractivity contribution in [1.29, 1.82) is 0 Å². The van der Waals surface area contributed by atoms with Gasteiger partial charge in [0.2, 0.25) is 0 Å². The van der Waals surface area contributed by atoms with Gasteiger partial charge in [-0.3, -0.25) is 0 Å². The molecule has 2 aromatic heterocycles. The van der Waals surface area contributed by atoms with Crippen molar-refractivity contribution in [2.45, 2.75) is 12.8 Å². The van der Waals surface area contributed by atoms with E-state index < -0.39 is 0 Å². The molecule has 0 N–H and O–H groups in total. The van der Waals surface area contributed by atoms with Gasteiger partial charge in [0.05, 0.1) is 5.52 Å². The van der Waals surface area contributed by atoms with Crippen LogP contribution in [0.3, 0.4) is 0 Å². The Labute approximate surface area is 381 Å². The quantitative estimate of drug-likeness (QED) is 0.158. The van der Waals surface area contributed by atoms with Crippen molar-refractivity contribution in [2.75, 3.05) is 0 Å². The number of fused-ring (bicyclic) bond motifs is 10. The lowest BCUT2D eigenvalue weighted by Gasteiger charge is -2.18. The zero-order valence-electron chi connectivity index (χ0n) is 36.1. The molecule has 0 bridgehead atoms. The number of rotatable bonds is 5. The number of aromatic nitrogens is 1. The molecule has 0 aliphatic heterocycles. The fraction of sp³-hybridized carbons (Fsp3) is 0.0312. The van der Waals surface area contributed by atoms with Gasteiger partial charge in [0.25, 0.3) is 0 Å². The van der Waals surface area contributed by atoms with Crippen LogP contribution < -0.4 is 0 Å². The lowest BCUT2D eigenvalue weighted by Crippen LogP contribution is -1.99. The number of hydrogen-bond donors (Lipinski definition) is 0. The van der Waals surface area contributed by atoms with Crippen molar-refractivity contribution in [3.63, 3.8) is 0 Å². The molecule has 0 saturated heterocycles. The van der Waals surface area contributed by atoms with Gasteiger partial charge in [-0.1, -0.05) is 182 Å². The lowest BCUT2D eigenvalue weighted by atomic mass is 9.85. The zero-order valence-corrected chi connectivity index (χ0v) is 36.1. The molecule has 0 fully saturated rings. The Hall–Kier alpha value is -8.46. The van der Waals surface area contributed by atoms with Crippen LogP contribution in [0.25, 0.3) is 132 Å². The highest BCUT2D eigenvalue weighted by Gasteiger charge is 2.24. The summed E-state index contributed by atoms with van der Waals surface area (Å²) in [5.74, 6) is 0. The first-order valence-electron chi connectivity index (χ1n) is 23.1. The Balaban J connectivity index is 0.970. The fourth-order valence-corrected chi connectivity index (χ4v) is 11.5. The van der Waals surface area contributed by atoms with Crippen LogP contribution in [0.15, 0.2) is 223 Å². The van der Waals surface area contributed by atoms with E-state index in [9.17, 15) is 0 Å². The van der Waals surface area contributed by atoms with Crippen molar-refractivity contribution in [1.82, 2.24) is 4.57 Å². The fourth-order valence-electron chi connectivity index (χ4n) is 11.5. The number of para-hydroxylation sites is 2. The van der Waals surface area contributed by atoms with E-state index in [0.717, 1.165) is 45.9 Å². The third-order valence-electron chi connectivity index (χ3n) is 14.2. The van der Waals surface area contributed by atoms with Crippen LogP contribution in [0.4, 0.5) is 0 Å². The first kappa shape index (κ1) is 37.0. The molecule has 14 rings (SSSR count). The van der Waals surface area contributed by atoms with Crippen LogP contribution in [0.2, 0.25) is 0 Å². The number of nitrogens with zero attached hydrogens (tertiary/aromatic N) is 1. The molecule has 0 amide bonds. The van der Waals surface area contributed by atoms with E-state index in [4.69, 9.17) is 4.42 Å². The molecular weight excluding hydrogens is 799 g/mol. The van der Waals surface area contributed by atoms with Crippen molar-refractivity contribution in [3.8, 4) is 50.2 Å². The third kappa shape index (κ3) is 5.42. The number of furan rings is 1. The molecule has 0 radical (unpaired) electrons. The zero-order chi connectivity index (χ0) is 43.3. The van der Waals surface area contributed by atoms with E-state index in [1.54, 1.807) is 0 Å². The van der Waals surface area contributed by atoms with Crippen molar-refractivity contribution in [3.05, 3.63) is 230 Å². The standard InChI is InChI=1S/C64H41NO/c1-3-18-40(19-4-1)60-50-27-11-13-29-52(50)63(53-30-14-12-28-51(53)60)55-32-17-31-54-45-36-34-42(39-59(45)66-64(54)55)62-48-25-9-7-23-46(48)61(47-24-8-10-26-49(47)62)41-35-37-58-56(38-41)44-22-15-16-33-57(44)65(58)43-20-5-2-6-21-43/h1-14,16-21,23-39H,15,22H2. The Morgan fingerprint density at radius 1 is 0.364 bits per heavy atom. The maximum atomic E-state index is 7.14. The van der Waals surface area contributed by atoms with E-state index in [2.05, 4.69) is 229 Å². The molecule has 0 saturated carbocycles. The molecule has 1 aliphatic rings. The lowest BCUT2D eigenvalue weighted by molar-refractivity contribution is 0.670.